The maximum atomic E-state index is 13.7. The number of carbonyl (C=O) groups is 4. The summed E-state index contributed by atoms with van der Waals surface area (Å²) in [6, 6.07) is 9.98. The maximum absolute atomic E-state index is 13.7. The van der Waals surface area contributed by atoms with Crippen LogP contribution in [0.1, 0.15) is 44.4 Å². The average molecular weight is 515 g/mol. The summed E-state index contributed by atoms with van der Waals surface area (Å²) < 4.78 is 5.20. The number of nitrogens with one attached hydrogen (secondary N) is 2. The number of aliphatic hydroxyl groups is 1. The fraction of sp³-hybridized carbons (Fsp3) is 0.385. The quantitative estimate of drug-likeness (QED) is 0.322. The number of anilines is 1. The number of nitrogens with two attached hydrogens (primary N) is 1. The minimum atomic E-state index is -1.50. The van der Waals surface area contributed by atoms with Gasteiger partial charge in [0.2, 0.25) is 11.8 Å². The molecule has 0 radical (unpaired) electrons. The van der Waals surface area contributed by atoms with Crippen molar-refractivity contribution in [2.24, 2.45) is 5.73 Å². The normalized spacial score (nSPS) is 12.7. The van der Waals surface area contributed by atoms with Crippen LogP contribution >= 0.6 is 0 Å². The van der Waals surface area contributed by atoms with Gasteiger partial charge >= 0.3 is 6.09 Å². The first-order valence-corrected chi connectivity index (χ1v) is 11.7. The zero-order chi connectivity index (χ0) is 27.8. The van der Waals surface area contributed by atoms with Crippen molar-refractivity contribution >= 4 is 29.5 Å². The van der Waals surface area contributed by atoms with Crippen molar-refractivity contribution in [3.63, 3.8) is 0 Å². The molecule has 2 unspecified atom stereocenters. The molecular weight excluding hydrogens is 480 g/mol. The molecule has 11 nitrogen and oxygen atoms in total. The van der Waals surface area contributed by atoms with Crippen LogP contribution < -0.4 is 16.4 Å². The third-order valence-corrected chi connectivity index (χ3v) is 5.21. The largest absolute Gasteiger partial charge is 0.508 e. The molecule has 0 spiro atoms. The standard InChI is InChI=1S/C26H34N4O7/c1-16-9-5-7-11-18(16)28-23(34)22(17-10-6-8-12-20(17)32)30(13-14-31)24(35)19(15-21(27)33)29-25(36)37-26(2,3)4/h5-12,19,22,31-32H,13-15H2,1-4H3,(H2,27,33)(H,28,34)(H,29,36). The van der Waals surface area contributed by atoms with Gasteiger partial charge in [-0.2, -0.15) is 0 Å². The molecule has 0 aliphatic rings. The SMILES string of the molecule is Cc1ccccc1NC(=O)C(c1ccccc1O)N(CCO)C(=O)C(CC(N)=O)NC(=O)OC(C)(C)C. The number of aromatic hydroxyl groups is 1. The Hall–Kier alpha value is -4.12. The lowest BCUT2D eigenvalue weighted by atomic mass is 10.0. The molecule has 11 heteroatoms. The van der Waals surface area contributed by atoms with Gasteiger partial charge in [0.15, 0.2) is 0 Å². The Kier molecular flexibility index (Phi) is 10.0. The smallest absolute Gasteiger partial charge is 0.408 e. The summed E-state index contributed by atoms with van der Waals surface area (Å²) in [5.41, 5.74) is 5.75. The molecule has 0 saturated carbocycles. The second-order valence-electron chi connectivity index (χ2n) is 9.39. The highest BCUT2D eigenvalue weighted by Crippen LogP contribution is 2.31. The Morgan fingerprint density at radius 1 is 1.05 bits per heavy atom. The van der Waals surface area contributed by atoms with Gasteiger partial charge in [-0.05, 0) is 45.4 Å². The molecule has 0 bridgehead atoms. The summed E-state index contributed by atoms with van der Waals surface area (Å²) >= 11 is 0. The number of hydrogen-bond acceptors (Lipinski definition) is 7. The van der Waals surface area contributed by atoms with E-state index in [2.05, 4.69) is 10.6 Å². The molecule has 2 aromatic rings. The second-order valence-corrected chi connectivity index (χ2v) is 9.39. The highest BCUT2D eigenvalue weighted by Gasteiger charge is 2.38. The third-order valence-electron chi connectivity index (χ3n) is 5.21. The minimum absolute atomic E-state index is 0.0745. The van der Waals surface area contributed by atoms with Gasteiger partial charge < -0.3 is 36.2 Å². The summed E-state index contributed by atoms with van der Waals surface area (Å²) in [5, 5.41) is 25.4. The number of hydrogen-bond donors (Lipinski definition) is 5. The lowest BCUT2D eigenvalue weighted by Crippen LogP contribution is -2.54. The van der Waals surface area contributed by atoms with E-state index in [4.69, 9.17) is 10.5 Å². The number of para-hydroxylation sites is 2. The molecule has 0 saturated heterocycles. The molecule has 2 aromatic carbocycles. The topological polar surface area (TPSA) is 171 Å². The van der Waals surface area contributed by atoms with E-state index >= 15 is 0 Å². The van der Waals surface area contributed by atoms with Crippen LogP contribution in [0.5, 0.6) is 5.75 Å². The van der Waals surface area contributed by atoms with Crippen molar-refractivity contribution in [2.75, 3.05) is 18.5 Å². The van der Waals surface area contributed by atoms with Gasteiger partial charge in [-0.3, -0.25) is 14.4 Å². The van der Waals surface area contributed by atoms with Gasteiger partial charge in [0.05, 0.1) is 13.0 Å². The summed E-state index contributed by atoms with van der Waals surface area (Å²) in [5.74, 6) is -2.73. The number of alkyl carbamates (subject to hydrolysis) is 1. The van der Waals surface area contributed by atoms with Gasteiger partial charge in [-0.1, -0.05) is 36.4 Å². The van der Waals surface area contributed by atoms with Crippen LogP contribution in [-0.2, 0) is 19.1 Å². The molecule has 2 rings (SSSR count). The molecule has 2 atom stereocenters. The van der Waals surface area contributed by atoms with Crippen molar-refractivity contribution in [2.45, 2.75) is 51.8 Å². The van der Waals surface area contributed by atoms with E-state index in [0.717, 1.165) is 10.5 Å². The van der Waals surface area contributed by atoms with E-state index < -0.39 is 54.5 Å². The Balaban J connectivity index is 2.52. The molecule has 6 N–H and O–H groups in total. The zero-order valence-corrected chi connectivity index (χ0v) is 21.4. The number of benzene rings is 2. The molecule has 0 aromatic heterocycles. The number of carbonyl (C=O) groups excluding carboxylic acids is 4. The molecule has 0 fully saturated rings. The van der Waals surface area contributed by atoms with Crippen LogP contribution in [0.3, 0.4) is 0 Å². The monoisotopic (exact) mass is 514 g/mol. The molecule has 4 amide bonds. The molecule has 0 aliphatic carbocycles. The number of rotatable bonds is 10. The highest BCUT2D eigenvalue weighted by molar-refractivity contribution is 6.00. The first-order chi connectivity index (χ1) is 17.3. The first kappa shape index (κ1) is 29.1. The first-order valence-electron chi connectivity index (χ1n) is 11.7. The van der Waals surface area contributed by atoms with Crippen molar-refractivity contribution in [1.82, 2.24) is 10.2 Å². The zero-order valence-electron chi connectivity index (χ0n) is 21.4. The van der Waals surface area contributed by atoms with E-state index in [1.807, 2.05) is 0 Å². The lowest BCUT2D eigenvalue weighted by Gasteiger charge is -2.34. The number of primary amides is 1. The van der Waals surface area contributed by atoms with E-state index in [1.165, 1.54) is 12.1 Å². The van der Waals surface area contributed by atoms with Crippen LogP contribution in [0.2, 0.25) is 0 Å². The van der Waals surface area contributed by atoms with Gasteiger partial charge in [0.25, 0.3) is 5.91 Å². The number of phenols is 1. The fourth-order valence-corrected chi connectivity index (χ4v) is 3.61. The number of aryl methyl sites for hydroxylation is 1. The van der Waals surface area contributed by atoms with Crippen molar-refractivity contribution < 1.29 is 34.1 Å². The predicted molar refractivity (Wildman–Crippen MR) is 136 cm³/mol. The van der Waals surface area contributed by atoms with Crippen molar-refractivity contribution in [1.29, 1.82) is 0 Å². The molecular formula is C26H34N4O7. The Morgan fingerprint density at radius 3 is 2.24 bits per heavy atom. The molecule has 0 aliphatic heterocycles. The van der Waals surface area contributed by atoms with Gasteiger partial charge in [0.1, 0.15) is 23.4 Å². The predicted octanol–water partition coefficient (Wildman–Crippen LogP) is 1.97. The summed E-state index contributed by atoms with van der Waals surface area (Å²) in [7, 11) is 0. The number of nitrogens with zero attached hydrogens (tertiary/aromatic N) is 1. The lowest BCUT2D eigenvalue weighted by molar-refractivity contribution is -0.142. The third kappa shape index (κ3) is 8.50. The fourth-order valence-electron chi connectivity index (χ4n) is 3.61. The number of aliphatic hydroxyl groups excluding tert-OH is 1. The average Bonchev–Trinajstić information content (AvgIpc) is 2.79. The van der Waals surface area contributed by atoms with Gasteiger partial charge in [-0.15, -0.1) is 0 Å². The number of amides is 4. The minimum Gasteiger partial charge on any atom is -0.508 e. The molecule has 37 heavy (non-hydrogen) atoms. The van der Waals surface area contributed by atoms with Crippen molar-refractivity contribution in [3.8, 4) is 5.75 Å². The van der Waals surface area contributed by atoms with Crippen LogP contribution in [0.4, 0.5) is 10.5 Å². The van der Waals surface area contributed by atoms with E-state index in [0.29, 0.717) is 5.69 Å². The van der Waals surface area contributed by atoms with E-state index in [1.54, 1.807) is 64.1 Å². The van der Waals surface area contributed by atoms with Gasteiger partial charge in [-0.25, -0.2) is 4.79 Å². The van der Waals surface area contributed by atoms with E-state index in [9.17, 15) is 29.4 Å². The Bertz CT molecular complexity index is 1130. The van der Waals surface area contributed by atoms with Crippen LogP contribution in [0, 0.1) is 6.92 Å². The highest BCUT2D eigenvalue weighted by atomic mass is 16.6. The number of phenolic OH excluding ortho intramolecular Hbond substituents is 1. The van der Waals surface area contributed by atoms with Crippen molar-refractivity contribution in [3.05, 3.63) is 59.7 Å². The number of ether oxygens (including phenoxy) is 1. The van der Waals surface area contributed by atoms with Gasteiger partial charge in [0, 0.05) is 17.8 Å². The summed E-state index contributed by atoms with van der Waals surface area (Å²) in [6.07, 6.45) is -1.56. The summed E-state index contributed by atoms with van der Waals surface area (Å²) in [6.45, 7) is 5.75. The van der Waals surface area contributed by atoms with Crippen LogP contribution in [0.15, 0.2) is 48.5 Å². The Morgan fingerprint density at radius 2 is 1.68 bits per heavy atom. The summed E-state index contributed by atoms with van der Waals surface area (Å²) in [4.78, 5) is 52.4. The van der Waals surface area contributed by atoms with Crippen LogP contribution in [-0.4, -0.2) is 63.7 Å². The Labute approximate surface area is 215 Å². The molecule has 200 valence electrons. The maximum Gasteiger partial charge on any atom is 0.408 e. The van der Waals surface area contributed by atoms with E-state index in [-0.39, 0.29) is 17.9 Å². The van der Waals surface area contributed by atoms with Crippen LogP contribution in [0.25, 0.3) is 0 Å². The molecule has 0 heterocycles. The second kappa shape index (κ2) is 12.7.